The normalized spacial score (nSPS) is 10.4. The van der Waals surface area contributed by atoms with Gasteiger partial charge in [0.25, 0.3) is 0 Å². The van der Waals surface area contributed by atoms with Gasteiger partial charge in [-0.25, -0.2) is 14.4 Å². The fourth-order valence-electron chi connectivity index (χ4n) is 2.02. The second-order valence-corrected chi connectivity index (χ2v) is 4.78. The molecule has 0 amide bonds. The third-order valence-corrected chi connectivity index (χ3v) is 3.02. The number of aromatic nitrogens is 2. The van der Waals surface area contributed by atoms with Gasteiger partial charge in [0.05, 0.1) is 0 Å². The first-order valence-electron chi connectivity index (χ1n) is 7.32. The molecule has 2 N–H and O–H groups in total. The van der Waals surface area contributed by atoms with Crippen molar-refractivity contribution in [1.82, 2.24) is 9.97 Å². The molecule has 0 atom stereocenters. The second-order valence-electron chi connectivity index (χ2n) is 4.78. The predicted molar refractivity (Wildman–Crippen MR) is 83.9 cm³/mol. The van der Waals surface area contributed by atoms with Crippen molar-refractivity contribution < 1.29 is 4.39 Å². The van der Waals surface area contributed by atoms with Gasteiger partial charge in [-0.2, -0.15) is 0 Å². The van der Waals surface area contributed by atoms with Gasteiger partial charge < -0.3 is 10.6 Å². The molecular formula is C16H21FN4. The number of halogens is 1. The van der Waals surface area contributed by atoms with Crippen molar-refractivity contribution in [3.8, 4) is 0 Å². The van der Waals surface area contributed by atoms with Crippen LogP contribution >= 0.6 is 0 Å². The summed E-state index contributed by atoms with van der Waals surface area (Å²) in [5.74, 6) is 2.10. The summed E-state index contributed by atoms with van der Waals surface area (Å²) in [6.45, 7) is 5.32. The summed E-state index contributed by atoms with van der Waals surface area (Å²) in [7, 11) is 0. The zero-order valence-electron chi connectivity index (χ0n) is 12.5. The smallest absolute Gasteiger partial charge is 0.133 e. The molecule has 2 aromatic rings. The van der Waals surface area contributed by atoms with Crippen LogP contribution in [0.4, 0.5) is 16.0 Å². The van der Waals surface area contributed by atoms with Crippen molar-refractivity contribution in [3.63, 3.8) is 0 Å². The third kappa shape index (κ3) is 4.41. The Morgan fingerprint density at radius 2 is 1.76 bits per heavy atom. The number of rotatable bonds is 7. The molecule has 0 saturated carbocycles. The third-order valence-electron chi connectivity index (χ3n) is 3.02. The average molecular weight is 288 g/mol. The Morgan fingerprint density at radius 1 is 1.05 bits per heavy atom. The fraction of sp³-hybridized carbons (Fsp3) is 0.375. The van der Waals surface area contributed by atoms with E-state index in [1.54, 1.807) is 12.1 Å². The monoisotopic (exact) mass is 288 g/mol. The maximum atomic E-state index is 13.6. The zero-order chi connectivity index (χ0) is 15.1. The Balaban J connectivity index is 2.13. The highest BCUT2D eigenvalue weighted by atomic mass is 19.1. The maximum Gasteiger partial charge on any atom is 0.133 e. The van der Waals surface area contributed by atoms with E-state index in [1.807, 2.05) is 19.1 Å². The van der Waals surface area contributed by atoms with Crippen LogP contribution in [0.2, 0.25) is 0 Å². The zero-order valence-corrected chi connectivity index (χ0v) is 12.5. The average Bonchev–Trinajstić information content (AvgIpc) is 2.47. The molecule has 1 heterocycles. The Morgan fingerprint density at radius 3 is 2.43 bits per heavy atom. The van der Waals surface area contributed by atoms with Crippen molar-refractivity contribution in [1.29, 1.82) is 0 Å². The van der Waals surface area contributed by atoms with Crippen LogP contribution in [-0.4, -0.2) is 16.5 Å². The van der Waals surface area contributed by atoms with Crippen LogP contribution in [0.5, 0.6) is 0 Å². The van der Waals surface area contributed by atoms with Gasteiger partial charge in [0.2, 0.25) is 0 Å². The first kappa shape index (κ1) is 15.2. The van der Waals surface area contributed by atoms with Crippen LogP contribution in [0.3, 0.4) is 0 Å². The molecule has 0 aliphatic carbocycles. The van der Waals surface area contributed by atoms with Gasteiger partial charge in [0.15, 0.2) is 0 Å². The van der Waals surface area contributed by atoms with E-state index in [-0.39, 0.29) is 5.82 Å². The van der Waals surface area contributed by atoms with Crippen LogP contribution in [0.15, 0.2) is 30.3 Å². The number of benzene rings is 1. The number of nitrogens with zero attached hydrogens (tertiary/aromatic N) is 2. The molecule has 0 bridgehead atoms. The van der Waals surface area contributed by atoms with Crippen LogP contribution in [0.1, 0.15) is 31.7 Å². The van der Waals surface area contributed by atoms with Gasteiger partial charge in [-0.15, -0.1) is 0 Å². The molecule has 0 fully saturated rings. The number of aryl methyl sites for hydroxylation is 1. The molecule has 112 valence electrons. The van der Waals surface area contributed by atoms with Gasteiger partial charge in [-0.3, -0.25) is 0 Å². The summed E-state index contributed by atoms with van der Waals surface area (Å²) in [5.41, 5.74) is 0.623. The van der Waals surface area contributed by atoms with E-state index < -0.39 is 0 Å². The van der Waals surface area contributed by atoms with E-state index in [4.69, 9.17) is 0 Å². The van der Waals surface area contributed by atoms with E-state index >= 15 is 0 Å². The molecule has 0 aliphatic heterocycles. The molecule has 1 aromatic heterocycles. The Kier molecular flexibility index (Phi) is 5.49. The minimum Gasteiger partial charge on any atom is -0.370 e. The van der Waals surface area contributed by atoms with Crippen molar-refractivity contribution in [2.45, 2.75) is 33.2 Å². The molecule has 21 heavy (non-hydrogen) atoms. The maximum absolute atomic E-state index is 13.6. The molecule has 5 heteroatoms. The molecule has 2 rings (SSSR count). The number of nitrogens with one attached hydrogen (secondary N) is 2. The highest BCUT2D eigenvalue weighted by molar-refractivity contribution is 5.48. The van der Waals surface area contributed by atoms with Crippen LogP contribution in [-0.2, 0) is 13.0 Å². The van der Waals surface area contributed by atoms with Crippen molar-refractivity contribution in [2.75, 3.05) is 17.2 Å². The van der Waals surface area contributed by atoms with Gasteiger partial charge in [0, 0.05) is 31.1 Å². The summed E-state index contributed by atoms with van der Waals surface area (Å²) in [6, 6.07) is 8.59. The van der Waals surface area contributed by atoms with Crippen LogP contribution < -0.4 is 10.6 Å². The predicted octanol–water partition coefficient (Wildman–Crippen LogP) is 3.61. The molecule has 1 aromatic carbocycles. The van der Waals surface area contributed by atoms with E-state index in [0.29, 0.717) is 17.9 Å². The van der Waals surface area contributed by atoms with E-state index in [2.05, 4.69) is 27.5 Å². The van der Waals surface area contributed by atoms with Crippen molar-refractivity contribution >= 4 is 11.6 Å². The van der Waals surface area contributed by atoms with Gasteiger partial charge in [-0.1, -0.05) is 25.1 Å². The van der Waals surface area contributed by atoms with E-state index in [1.165, 1.54) is 6.07 Å². The summed E-state index contributed by atoms with van der Waals surface area (Å²) >= 11 is 0. The Bertz CT molecular complexity index is 562. The molecule has 0 aliphatic rings. The Labute approximate surface area is 124 Å². The van der Waals surface area contributed by atoms with Crippen LogP contribution in [0, 0.1) is 5.82 Å². The lowest BCUT2D eigenvalue weighted by Gasteiger charge is -2.11. The lowest BCUT2D eigenvalue weighted by molar-refractivity contribution is 0.613. The standard InChI is InChI=1S/C16H21FN4/c1-3-7-14-20-15(18-4-2)10-16(21-14)19-11-12-8-5-6-9-13(12)17/h5-6,8-10H,3-4,7,11H2,1-2H3,(H2,18,19,20,21). The van der Waals surface area contributed by atoms with Crippen molar-refractivity contribution in [2.24, 2.45) is 0 Å². The van der Waals surface area contributed by atoms with Crippen LogP contribution in [0.25, 0.3) is 0 Å². The summed E-state index contributed by atoms with van der Waals surface area (Å²) < 4.78 is 13.6. The fourth-order valence-corrected chi connectivity index (χ4v) is 2.02. The summed E-state index contributed by atoms with van der Waals surface area (Å²) in [6.07, 6.45) is 1.82. The molecule has 0 radical (unpaired) electrons. The summed E-state index contributed by atoms with van der Waals surface area (Å²) in [4.78, 5) is 8.91. The summed E-state index contributed by atoms with van der Waals surface area (Å²) in [5, 5.41) is 6.36. The highest BCUT2D eigenvalue weighted by Crippen LogP contribution is 2.14. The molecule has 0 unspecified atom stereocenters. The second kappa shape index (κ2) is 7.57. The highest BCUT2D eigenvalue weighted by Gasteiger charge is 2.05. The number of hydrogen-bond donors (Lipinski definition) is 2. The molecular weight excluding hydrogens is 267 g/mol. The largest absolute Gasteiger partial charge is 0.370 e. The Hall–Kier alpha value is -2.17. The van der Waals surface area contributed by atoms with Crippen molar-refractivity contribution in [3.05, 3.63) is 47.5 Å². The lowest BCUT2D eigenvalue weighted by Crippen LogP contribution is -2.08. The molecule has 4 nitrogen and oxygen atoms in total. The first-order valence-corrected chi connectivity index (χ1v) is 7.32. The van der Waals surface area contributed by atoms with Gasteiger partial charge >= 0.3 is 0 Å². The minimum atomic E-state index is -0.209. The minimum absolute atomic E-state index is 0.209. The number of anilines is 2. The van der Waals surface area contributed by atoms with Gasteiger partial charge in [0.1, 0.15) is 23.3 Å². The topological polar surface area (TPSA) is 49.8 Å². The van der Waals surface area contributed by atoms with E-state index in [9.17, 15) is 4.39 Å². The molecule has 0 spiro atoms. The molecule has 0 saturated heterocycles. The lowest BCUT2D eigenvalue weighted by atomic mass is 10.2. The van der Waals surface area contributed by atoms with E-state index in [0.717, 1.165) is 31.0 Å². The number of hydrogen-bond acceptors (Lipinski definition) is 4. The SMILES string of the molecule is CCCc1nc(NCC)cc(NCc2ccccc2F)n1. The quantitative estimate of drug-likeness (QED) is 0.817. The first-order chi connectivity index (χ1) is 10.2. The van der Waals surface area contributed by atoms with Gasteiger partial charge in [-0.05, 0) is 19.4 Å².